The summed E-state index contributed by atoms with van der Waals surface area (Å²) >= 11 is 0. The van der Waals surface area contributed by atoms with Gasteiger partial charge in [-0.1, -0.05) is 18.2 Å². The third kappa shape index (κ3) is 2.81. The number of carboxylic acids is 1. The van der Waals surface area contributed by atoms with Gasteiger partial charge in [-0.05, 0) is 49.7 Å². The van der Waals surface area contributed by atoms with Crippen molar-refractivity contribution in [3.63, 3.8) is 0 Å². The number of aryl methyl sites for hydroxylation is 1. The van der Waals surface area contributed by atoms with Gasteiger partial charge in [-0.15, -0.1) is 0 Å². The Bertz CT molecular complexity index is 819. The number of aromatic amines is 1. The topological polar surface area (TPSA) is 86.3 Å². The SMILES string of the molecule is O=C(O)c1ccccc1C1CCN(C(=O)c2n[nH]c3c2CCC3)CC1. The highest BCUT2D eigenvalue weighted by molar-refractivity contribution is 5.94. The van der Waals surface area contributed by atoms with E-state index in [1.807, 2.05) is 17.0 Å². The number of piperidine rings is 1. The van der Waals surface area contributed by atoms with Crippen molar-refractivity contribution in [3.05, 3.63) is 52.3 Å². The molecule has 6 nitrogen and oxygen atoms in total. The van der Waals surface area contributed by atoms with Gasteiger partial charge in [0.2, 0.25) is 0 Å². The van der Waals surface area contributed by atoms with E-state index in [4.69, 9.17) is 0 Å². The minimum atomic E-state index is -0.888. The fourth-order valence-corrected chi connectivity index (χ4v) is 4.09. The number of aromatic carboxylic acids is 1. The van der Waals surface area contributed by atoms with Gasteiger partial charge in [-0.2, -0.15) is 5.10 Å². The zero-order chi connectivity index (χ0) is 17.4. The number of H-pyrrole nitrogens is 1. The number of carbonyl (C=O) groups is 2. The van der Waals surface area contributed by atoms with E-state index in [1.54, 1.807) is 12.1 Å². The minimum absolute atomic E-state index is 0.00405. The van der Waals surface area contributed by atoms with Crippen LogP contribution >= 0.6 is 0 Å². The fourth-order valence-electron chi connectivity index (χ4n) is 4.09. The van der Waals surface area contributed by atoms with Gasteiger partial charge in [-0.25, -0.2) is 4.79 Å². The molecule has 1 amide bonds. The summed E-state index contributed by atoms with van der Waals surface area (Å²) in [7, 11) is 0. The van der Waals surface area contributed by atoms with Crippen LogP contribution in [0.25, 0.3) is 0 Å². The number of carboxylic acid groups (broad SMARTS) is 1. The Labute approximate surface area is 145 Å². The second-order valence-electron chi connectivity index (χ2n) is 6.84. The Morgan fingerprint density at radius 2 is 1.92 bits per heavy atom. The van der Waals surface area contributed by atoms with Gasteiger partial charge < -0.3 is 10.0 Å². The minimum Gasteiger partial charge on any atom is -0.478 e. The molecule has 0 radical (unpaired) electrons. The van der Waals surface area contributed by atoms with Gasteiger partial charge in [0.05, 0.1) is 5.56 Å². The Kier molecular flexibility index (Phi) is 4.03. The molecule has 2 heterocycles. The molecular weight excluding hydrogens is 318 g/mol. The Morgan fingerprint density at radius 3 is 2.68 bits per heavy atom. The van der Waals surface area contributed by atoms with Crippen LogP contribution in [0, 0.1) is 0 Å². The summed E-state index contributed by atoms with van der Waals surface area (Å²) in [5, 5.41) is 16.6. The van der Waals surface area contributed by atoms with Crippen molar-refractivity contribution in [3.8, 4) is 0 Å². The molecular formula is C19H21N3O3. The van der Waals surface area contributed by atoms with Gasteiger partial charge in [0, 0.05) is 24.3 Å². The molecule has 2 aliphatic rings. The highest BCUT2D eigenvalue weighted by Gasteiger charge is 2.30. The standard InChI is InChI=1S/C19H21N3O3/c23-18(17-15-6-3-7-16(15)20-21-17)22-10-8-12(9-11-22)13-4-1-2-5-14(13)19(24)25/h1-2,4-5,12H,3,6-11H2,(H,20,21)(H,24,25). The smallest absolute Gasteiger partial charge is 0.335 e. The summed E-state index contributed by atoms with van der Waals surface area (Å²) in [5.41, 5.74) is 4.02. The van der Waals surface area contributed by atoms with Crippen LogP contribution in [-0.4, -0.2) is 45.2 Å². The van der Waals surface area contributed by atoms with Crippen LogP contribution in [0.3, 0.4) is 0 Å². The number of nitrogens with one attached hydrogen (secondary N) is 1. The highest BCUT2D eigenvalue weighted by Crippen LogP contribution is 2.32. The van der Waals surface area contributed by atoms with Crippen LogP contribution in [0.2, 0.25) is 0 Å². The number of nitrogens with zero attached hydrogens (tertiary/aromatic N) is 2. The first-order valence-electron chi connectivity index (χ1n) is 8.82. The zero-order valence-corrected chi connectivity index (χ0v) is 14.0. The Hall–Kier alpha value is -2.63. The van der Waals surface area contributed by atoms with Crippen LogP contribution < -0.4 is 0 Å². The molecule has 1 aliphatic carbocycles. The number of likely N-dealkylation sites (tertiary alicyclic amines) is 1. The van der Waals surface area contributed by atoms with Crippen LogP contribution in [0.15, 0.2) is 24.3 Å². The average molecular weight is 339 g/mol. The van der Waals surface area contributed by atoms with Crippen molar-refractivity contribution in [1.82, 2.24) is 15.1 Å². The normalized spacial score (nSPS) is 17.5. The molecule has 0 atom stereocenters. The molecule has 130 valence electrons. The Morgan fingerprint density at radius 1 is 1.16 bits per heavy atom. The lowest BCUT2D eigenvalue weighted by molar-refractivity contribution is 0.0678. The number of rotatable bonds is 3. The predicted molar refractivity (Wildman–Crippen MR) is 91.9 cm³/mol. The number of carbonyl (C=O) groups excluding carboxylic acids is 1. The Balaban J connectivity index is 1.47. The molecule has 2 aromatic rings. The maximum absolute atomic E-state index is 12.8. The molecule has 1 saturated heterocycles. The molecule has 1 fully saturated rings. The number of aromatic nitrogens is 2. The van der Waals surface area contributed by atoms with Crippen LogP contribution in [0.4, 0.5) is 0 Å². The quantitative estimate of drug-likeness (QED) is 0.900. The number of amides is 1. The molecule has 0 unspecified atom stereocenters. The number of hydrogen-bond acceptors (Lipinski definition) is 3. The van der Waals surface area contributed by atoms with Crippen LogP contribution in [0.5, 0.6) is 0 Å². The third-order valence-electron chi connectivity index (χ3n) is 5.42. The molecule has 2 N–H and O–H groups in total. The number of fused-ring (bicyclic) bond motifs is 1. The van der Waals surface area contributed by atoms with Gasteiger partial charge in [0.15, 0.2) is 5.69 Å². The largest absolute Gasteiger partial charge is 0.478 e. The van der Waals surface area contributed by atoms with E-state index in [-0.39, 0.29) is 11.8 Å². The molecule has 0 saturated carbocycles. The maximum atomic E-state index is 12.8. The fraction of sp³-hybridized carbons (Fsp3) is 0.421. The van der Waals surface area contributed by atoms with Gasteiger partial charge in [-0.3, -0.25) is 9.89 Å². The first-order chi connectivity index (χ1) is 12.1. The van der Waals surface area contributed by atoms with Crippen molar-refractivity contribution in [1.29, 1.82) is 0 Å². The van der Waals surface area contributed by atoms with Crippen molar-refractivity contribution < 1.29 is 14.7 Å². The summed E-state index contributed by atoms with van der Waals surface area (Å²) in [4.78, 5) is 26.1. The summed E-state index contributed by atoms with van der Waals surface area (Å²) in [5.74, 6) is -0.702. The van der Waals surface area contributed by atoms with E-state index in [9.17, 15) is 14.7 Å². The molecule has 25 heavy (non-hydrogen) atoms. The molecule has 4 rings (SSSR count). The lowest BCUT2D eigenvalue weighted by Gasteiger charge is -2.32. The van der Waals surface area contributed by atoms with Crippen molar-refractivity contribution in [2.24, 2.45) is 0 Å². The van der Waals surface area contributed by atoms with Crippen molar-refractivity contribution >= 4 is 11.9 Å². The molecule has 1 aromatic heterocycles. The number of hydrogen-bond donors (Lipinski definition) is 2. The molecule has 1 aromatic carbocycles. The van der Waals surface area contributed by atoms with E-state index in [0.717, 1.165) is 48.9 Å². The summed E-state index contributed by atoms with van der Waals surface area (Å²) < 4.78 is 0. The summed E-state index contributed by atoms with van der Waals surface area (Å²) in [6.45, 7) is 1.28. The number of benzene rings is 1. The lowest BCUT2D eigenvalue weighted by atomic mass is 9.86. The van der Waals surface area contributed by atoms with Gasteiger partial charge in [0.1, 0.15) is 0 Å². The van der Waals surface area contributed by atoms with E-state index in [0.29, 0.717) is 24.3 Å². The van der Waals surface area contributed by atoms with Crippen LogP contribution in [-0.2, 0) is 12.8 Å². The highest BCUT2D eigenvalue weighted by atomic mass is 16.4. The first-order valence-corrected chi connectivity index (χ1v) is 8.82. The van der Waals surface area contributed by atoms with Gasteiger partial charge in [0.25, 0.3) is 5.91 Å². The molecule has 1 aliphatic heterocycles. The predicted octanol–water partition coefficient (Wildman–Crippen LogP) is 2.62. The molecule has 6 heteroatoms. The first kappa shape index (κ1) is 15.9. The second-order valence-corrected chi connectivity index (χ2v) is 6.84. The maximum Gasteiger partial charge on any atom is 0.335 e. The van der Waals surface area contributed by atoms with E-state index < -0.39 is 5.97 Å². The second kappa shape index (κ2) is 6.35. The van der Waals surface area contributed by atoms with Crippen LogP contribution in [0.1, 0.15) is 62.8 Å². The summed E-state index contributed by atoms with van der Waals surface area (Å²) in [6.07, 6.45) is 4.54. The third-order valence-corrected chi connectivity index (χ3v) is 5.42. The lowest BCUT2D eigenvalue weighted by Crippen LogP contribution is -2.38. The summed E-state index contributed by atoms with van der Waals surface area (Å²) in [6, 6.07) is 7.19. The molecule has 0 bridgehead atoms. The van der Waals surface area contributed by atoms with E-state index in [2.05, 4.69) is 10.2 Å². The zero-order valence-electron chi connectivity index (χ0n) is 14.0. The average Bonchev–Trinajstić information content (AvgIpc) is 3.25. The molecule has 0 spiro atoms. The van der Waals surface area contributed by atoms with Gasteiger partial charge >= 0.3 is 5.97 Å². The van der Waals surface area contributed by atoms with Crippen molar-refractivity contribution in [2.45, 2.75) is 38.0 Å². The van der Waals surface area contributed by atoms with Crippen molar-refractivity contribution in [2.75, 3.05) is 13.1 Å². The van der Waals surface area contributed by atoms with E-state index in [1.165, 1.54) is 0 Å². The monoisotopic (exact) mass is 339 g/mol. The van der Waals surface area contributed by atoms with E-state index >= 15 is 0 Å².